The summed E-state index contributed by atoms with van der Waals surface area (Å²) in [6, 6.07) is 19.8. The molecule has 0 spiro atoms. The second-order valence-electron chi connectivity index (χ2n) is 7.18. The van der Waals surface area contributed by atoms with Crippen LogP contribution < -0.4 is 15.2 Å². The quantitative estimate of drug-likeness (QED) is 0.301. The van der Waals surface area contributed by atoms with E-state index in [0.29, 0.717) is 17.2 Å². The van der Waals surface area contributed by atoms with E-state index >= 15 is 0 Å². The van der Waals surface area contributed by atoms with Crippen molar-refractivity contribution in [2.45, 2.75) is 5.92 Å². The number of nitrogens with two attached hydrogens (primary N) is 1. The Kier molecular flexibility index (Phi) is 5.20. The van der Waals surface area contributed by atoms with Crippen molar-refractivity contribution in [1.82, 2.24) is 10.2 Å². The van der Waals surface area contributed by atoms with Crippen LogP contribution in [0.4, 0.5) is 0 Å². The maximum Gasteiger partial charge on any atom is 0.379 e. The van der Waals surface area contributed by atoms with Gasteiger partial charge in [0.25, 0.3) is 0 Å². The van der Waals surface area contributed by atoms with E-state index in [1.165, 1.54) is 12.3 Å². The number of halogens is 1. The summed E-state index contributed by atoms with van der Waals surface area (Å²) in [6.45, 7) is 0. The van der Waals surface area contributed by atoms with Crippen LogP contribution in [0, 0.1) is 11.3 Å². The second kappa shape index (κ2) is 8.33. The summed E-state index contributed by atoms with van der Waals surface area (Å²) >= 11 is 3.44. The van der Waals surface area contributed by atoms with Crippen LogP contribution in [0.25, 0.3) is 11.3 Å². The Bertz CT molecular complexity index is 1400. The molecule has 0 fully saturated rings. The molecular weight excluding hydrogens is 488 g/mol. The number of ether oxygens (including phenoxy) is 2. The van der Waals surface area contributed by atoms with Crippen LogP contribution in [-0.4, -0.2) is 16.2 Å². The summed E-state index contributed by atoms with van der Waals surface area (Å²) in [5, 5.41) is 17.1. The number of nitriles is 1. The van der Waals surface area contributed by atoms with Crippen LogP contribution >= 0.6 is 15.9 Å². The molecule has 1 atom stereocenters. The normalized spacial score (nSPS) is 14.8. The minimum absolute atomic E-state index is 0.00261. The first-order valence-corrected chi connectivity index (χ1v) is 10.6. The fraction of sp³-hybridized carbons (Fsp3) is 0.0417. The van der Waals surface area contributed by atoms with Gasteiger partial charge in [-0.1, -0.05) is 40.2 Å². The molecule has 8 nitrogen and oxygen atoms in total. The minimum Gasteiger partial charge on any atom is -0.457 e. The highest BCUT2D eigenvalue weighted by Gasteiger charge is 2.35. The van der Waals surface area contributed by atoms with Gasteiger partial charge >= 0.3 is 5.97 Å². The lowest BCUT2D eigenvalue weighted by Gasteiger charge is -2.24. The maximum absolute atomic E-state index is 12.1. The van der Waals surface area contributed by atoms with Gasteiger partial charge < -0.3 is 19.6 Å². The van der Waals surface area contributed by atoms with Crippen molar-refractivity contribution < 1.29 is 18.7 Å². The van der Waals surface area contributed by atoms with Crippen LogP contribution in [0.15, 0.2) is 87.3 Å². The Balaban J connectivity index is 1.53. The first kappa shape index (κ1) is 20.6. The average Bonchev–Trinajstić information content (AvgIpc) is 3.50. The number of carbonyl (C=O) groups is 1. The molecule has 2 aromatic carbocycles. The molecule has 0 radical (unpaired) electrons. The van der Waals surface area contributed by atoms with E-state index in [9.17, 15) is 10.1 Å². The van der Waals surface area contributed by atoms with Crippen LogP contribution in [0.2, 0.25) is 0 Å². The molecule has 0 saturated heterocycles. The highest BCUT2D eigenvalue weighted by molar-refractivity contribution is 9.10. The predicted molar refractivity (Wildman–Crippen MR) is 121 cm³/mol. The van der Waals surface area contributed by atoms with Crippen molar-refractivity contribution >= 4 is 21.9 Å². The average molecular weight is 503 g/mol. The standard InChI is InChI=1S/C24H15BrN4O4/c25-15-7-3-14(4-8-15)21-20-19(17(12-26)22(27)33-23(20)29-28-21)13-5-9-16(10-6-13)32-24(30)18-2-1-11-31-18/h1-11,19H,27H2,(H,28,29). The molecule has 1 unspecified atom stereocenters. The number of fused-ring (bicyclic) bond motifs is 1. The van der Waals surface area contributed by atoms with Gasteiger partial charge in [-0.05, 0) is 42.0 Å². The lowest BCUT2D eigenvalue weighted by Crippen LogP contribution is -2.21. The smallest absolute Gasteiger partial charge is 0.379 e. The second-order valence-corrected chi connectivity index (χ2v) is 8.10. The van der Waals surface area contributed by atoms with E-state index < -0.39 is 11.9 Å². The zero-order valence-electron chi connectivity index (χ0n) is 16.9. The Morgan fingerprint density at radius 3 is 2.58 bits per heavy atom. The largest absolute Gasteiger partial charge is 0.457 e. The summed E-state index contributed by atoms with van der Waals surface area (Å²) in [5.41, 5.74) is 9.37. The Morgan fingerprint density at radius 2 is 1.91 bits per heavy atom. The number of nitrogens with zero attached hydrogens (tertiary/aromatic N) is 2. The number of H-pyrrole nitrogens is 1. The number of hydrogen-bond acceptors (Lipinski definition) is 7. The van der Waals surface area contributed by atoms with Crippen LogP contribution in [-0.2, 0) is 0 Å². The summed E-state index contributed by atoms with van der Waals surface area (Å²) in [6.07, 6.45) is 1.40. The molecule has 33 heavy (non-hydrogen) atoms. The third-order valence-electron chi connectivity index (χ3n) is 5.22. The molecule has 0 amide bonds. The molecule has 3 N–H and O–H groups in total. The number of benzene rings is 2. The number of furan rings is 1. The Hall–Kier alpha value is -4.29. The van der Waals surface area contributed by atoms with Gasteiger partial charge in [0, 0.05) is 10.0 Å². The number of rotatable bonds is 4. The van der Waals surface area contributed by atoms with Crippen LogP contribution in [0.1, 0.15) is 27.6 Å². The number of aromatic amines is 1. The zero-order chi connectivity index (χ0) is 22.9. The number of nitrogens with one attached hydrogen (secondary N) is 1. The number of hydrogen-bond donors (Lipinski definition) is 2. The first-order valence-electron chi connectivity index (χ1n) is 9.82. The monoisotopic (exact) mass is 502 g/mol. The number of carbonyl (C=O) groups excluding carboxylic acids is 1. The van der Waals surface area contributed by atoms with Gasteiger partial charge in [-0.25, -0.2) is 4.79 Å². The van der Waals surface area contributed by atoms with E-state index in [1.807, 2.05) is 24.3 Å². The van der Waals surface area contributed by atoms with Crippen LogP contribution in [0.3, 0.4) is 0 Å². The third-order valence-corrected chi connectivity index (χ3v) is 5.75. The summed E-state index contributed by atoms with van der Waals surface area (Å²) in [5.74, 6) is -0.377. The van der Waals surface area contributed by atoms with E-state index in [1.54, 1.807) is 30.3 Å². The first-order chi connectivity index (χ1) is 16.0. The molecule has 5 rings (SSSR count). The van der Waals surface area contributed by atoms with E-state index in [4.69, 9.17) is 19.6 Å². The van der Waals surface area contributed by atoms with E-state index in [-0.39, 0.29) is 17.2 Å². The van der Waals surface area contributed by atoms with Crippen molar-refractivity contribution in [3.05, 3.63) is 99.7 Å². The van der Waals surface area contributed by atoms with Gasteiger partial charge in [-0.2, -0.15) is 5.26 Å². The zero-order valence-corrected chi connectivity index (χ0v) is 18.5. The molecule has 162 valence electrons. The highest BCUT2D eigenvalue weighted by atomic mass is 79.9. The van der Waals surface area contributed by atoms with Gasteiger partial charge in [0.1, 0.15) is 17.4 Å². The van der Waals surface area contributed by atoms with Gasteiger partial charge in [-0.15, -0.1) is 5.10 Å². The van der Waals surface area contributed by atoms with Crippen molar-refractivity contribution in [2.75, 3.05) is 0 Å². The molecule has 0 bridgehead atoms. The summed E-state index contributed by atoms with van der Waals surface area (Å²) < 4.78 is 17.0. The van der Waals surface area contributed by atoms with E-state index in [0.717, 1.165) is 21.3 Å². The third kappa shape index (κ3) is 3.77. The van der Waals surface area contributed by atoms with Gasteiger partial charge in [-0.3, -0.25) is 5.10 Å². The number of aromatic nitrogens is 2. The molecule has 1 aliphatic heterocycles. The number of allylic oxidation sites excluding steroid dienone is 1. The van der Waals surface area contributed by atoms with E-state index in [2.05, 4.69) is 32.2 Å². The van der Waals surface area contributed by atoms with Gasteiger partial charge in [0.05, 0.1) is 23.4 Å². The molecular formula is C24H15BrN4O4. The topological polar surface area (TPSA) is 127 Å². The number of esters is 1. The van der Waals surface area contributed by atoms with Crippen molar-refractivity contribution in [2.24, 2.45) is 5.73 Å². The van der Waals surface area contributed by atoms with Crippen molar-refractivity contribution in [1.29, 1.82) is 5.26 Å². The maximum atomic E-state index is 12.1. The Labute approximate surface area is 196 Å². The Morgan fingerprint density at radius 1 is 1.15 bits per heavy atom. The van der Waals surface area contributed by atoms with Crippen molar-refractivity contribution in [3.63, 3.8) is 0 Å². The SMILES string of the molecule is N#CC1=C(N)Oc2n[nH]c(-c3ccc(Br)cc3)c2C1c1ccc(OC(=O)c2ccco2)cc1. The predicted octanol–water partition coefficient (Wildman–Crippen LogP) is 4.87. The van der Waals surface area contributed by atoms with Gasteiger partial charge in [0.2, 0.25) is 17.5 Å². The molecule has 0 aliphatic carbocycles. The molecule has 2 aromatic heterocycles. The minimum atomic E-state index is -0.602. The highest BCUT2D eigenvalue weighted by Crippen LogP contribution is 2.45. The molecule has 0 saturated carbocycles. The lowest BCUT2D eigenvalue weighted by atomic mass is 9.83. The summed E-state index contributed by atoms with van der Waals surface area (Å²) in [4.78, 5) is 12.1. The lowest BCUT2D eigenvalue weighted by molar-refractivity contribution is 0.0701. The fourth-order valence-corrected chi connectivity index (χ4v) is 3.96. The molecule has 4 aromatic rings. The van der Waals surface area contributed by atoms with Crippen LogP contribution in [0.5, 0.6) is 11.6 Å². The summed E-state index contributed by atoms with van der Waals surface area (Å²) in [7, 11) is 0. The molecule has 1 aliphatic rings. The fourth-order valence-electron chi connectivity index (χ4n) is 3.70. The van der Waals surface area contributed by atoms with Crippen molar-refractivity contribution in [3.8, 4) is 29.0 Å². The molecule has 9 heteroatoms. The van der Waals surface area contributed by atoms with Gasteiger partial charge in [0.15, 0.2) is 0 Å². The molecule has 3 heterocycles.